The van der Waals surface area contributed by atoms with Crippen LogP contribution >= 0.6 is 23.1 Å². The molecule has 0 radical (unpaired) electrons. The number of rotatable bonds is 2. The van der Waals surface area contributed by atoms with Gasteiger partial charge in [-0.25, -0.2) is 9.78 Å². The topological polar surface area (TPSA) is 53.4 Å². The Hall–Kier alpha value is -0.590. The molecule has 1 saturated heterocycles. The molecule has 0 amide bonds. The number of nitrogens with zero attached hydrogens (tertiary/aromatic N) is 2. The first-order valence-corrected chi connectivity index (χ1v) is 6.68. The summed E-state index contributed by atoms with van der Waals surface area (Å²) in [5.41, 5.74) is 0.166. The maximum Gasteiger partial charge on any atom is 0.355 e. The Morgan fingerprint density at radius 1 is 1.73 bits per heavy atom. The standard InChI is InChI=1S/C9H12N2O2S2/c1-11-2-3-14-5-7(11)8-10-6(4-15-8)9(12)13/h4,7H,2-3,5H2,1H3,(H,12,13). The number of aromatic carboxylic acids is 1. The fourth-order valence-corrected chi connectivity index (χ4v) is 3.77. The molecule has 1 aromatic rings. The average Bonchev–Trinajstić information content (AvgIpc) is 2.67. The van der Waals surface area contributed by atoms with Gasteiger partial charge in [-0.2, -0.15) is 11.8 Å². The molecule has 1 fully saturated rings. The Labute approximate surface area is 96.3 Å². The van der Waals surface area contributed by atoms with Gasteiger partial charge in [0, 0.05) is 23.4 Å². The molecule has 0 aliphatic carbocycles. The Kier molecular flexibility index (Phi) is 3.28. The van der Waals surface area contributed by atoms with Gasteiger partial charge in [-0.3, -0.25) is 4.90 Å². The van der Waals surface area contributed by atoms with Crippen LogP contribution in [0.2, 0.25) is 0 Å². The van der Waals surface area contributed by atoms with E-state index in [4.69, 9.17) is 5.11 Å². The molecule has 2 rings (SSSR count). The first-order valence-electron chi connectivity index (χ1n) is 4.65. The van der Waals surface area contributed by atoms with Gasteiger partial charge in [-0.15, -0.1) is 11.3 Å². The van der Waals surface area contributed by atoms with Gasteiger partial charge in [0.2, 0.25) is 0 Å². The van der Waals surface area contributed by atoms with Crippen LogP contribution in [0.5, 0.6) is 0 Å². The van der Waals surface area contributed by atoms with Gasteiger partial charge in [-0.1, -0.05) is 0 Å². The molecule has 0 bridgehead atoms. The summed E-state index contributed by atoms with van der Waals surface area (Å²) in [5.74, 6) is 1.20. The van der Waals surface area contributed by atoms with Crippen molar-refractivity contribution >= 4 is 29.1 Å². The van der Waals surface area contributed by atoms with Gasteiger partial charge < -0.3 is 5.11 Å². The van der Waals surface area contributed by atoms with Crippen LogP contribution in [-0.2, 0) is 0 Å². The molecule has 0 saturated carbocycles. The highest BCUT2D eigenvalue weighted by molar-refractivity contribution is 7.99. The quantitative estimate of drug-likeness (QED) is 0.855. The third-order valence-corrected chi connectivity index (χ3v) is 4.39. The van der Waals surface area contributed by atoms with E-state index in [9.17, 15) is 4.79 Å². The molecule has 2 heterocycles. The summed E-state index contributed by atoms with van der Waals surface area (Å²) < 4.78 is 0. The lowest BCUT2D eigenvalue weighted by atomic mass is 10.3. The van der Waals surface area contributed by atoms with Crippen molar-refractivity contribution in [2.75, 3.05) is 25.1 Å². The fourth-order valence-electron chi connectivity index (χ4n) is 1.49. The van der Waals surface area contributed by atoms with Gasteiger partial charge in [0.05, 0.1) is 6.04 Å². The number of carboxylic acids is 1. The van der Waals surface area contributed by atoms with Crippen LogP contribution < -0.4 is 0 Å². The SMILES string of the molecule is CN1CCSCC1c1nc(C(=O)O)cs1. The maximum absolute atomic E-state index is 10.7. The van der Waals surface area contributed by atoms with Gasteiger partial charge >= 0.3 is 5.97 Å². The lowest BCUT2D eigenvalue weighted by Gasteiger charge is -2.30. The molecule has 1 aliphatic rings. The van der Waals surface area contributed by atoms with Crippen LogP contribution in [-0.4, -0.2) is 46.1 Å². The zero-order chi connectivity index (χ0) is 10.8. The minimum absolute atomic E-state index is 0.166. The summed E-state index contributed by atoms with van der Waals surface area (Å²) in [6.45, 7) is 1.04. The lowest BCUT2D eigenvalue weighted by Crippen LogP contribution is -2.32. The summed E-state index contributed by atoms with van der Waals surface area (Å²) in [7, 11) is 2.06. The molecule has 4 nitrogen and oxygen atoms in total. The molecule has 1 atom stereocenters. The van der Waals surface area contributed by atoms with Crippen molar-refractivity contribution in [1.82, 2.24) is 9.88 Å². The Balaban J connectivity index is 2.17. The van der Waals surface area contributed by atoms with Crippen LogP contribution in [0.15, 0.2) is 5.38 Å². The third-order valence-electron chi connectivity index (χ3n) is 2.42. The molecule has 0 spiro atoms. The van der Waals surface area contributed by atoms with Crippen LogP contribution in [0.1, 0.15) is 21.5 Å². The number of thioether (sulfide) groups is 1. The van der Waals surface area contributed by atoms with E-state index in [1.165, 1.54) is 11.3 Å². The number of carboxylic acid groups (broad SMARTS) is 1. The highest BCUT2D eigenvalue weighted by Crippen LogP contribution is 2.30. The molecule has 1 unspecified atom stereocenters. The van der Waals surface area contributed by atoms with E-state index in [1.54, 1.807) is 5.38 Å². The van der Waals surface area contributed by atoms with E-state index < -0.39 is 5.97 Å². The van der Waals surface area contributed by atoms with Crippen LogP contribution in [0.25, 0.3) is 0 Å². The van der Waals surface area contributed by atoms with Crippen molar-refractivity contribution in [3.63, 3.8) is 0 Å². The molecular formula is C9H12N2O2S2. The first-order chi connectivity index (χ1) is 7.18. The number of thiazole rings is 1. The second kappa shape index (κ2) is 4.51. The highest BCUT2D eigenvalue weighted by Gasteiger charge is 2.24. The highest BCUT2D eigenvalue weighted by atomic mass is 32.2. The van der Waals surface area contributed by atoms with Crippen molar-refractivity contribution in [3.05, 3.63) is 16.1 Å². The van der Waals surface area contributed by atoms with E-state index in [-0.39, 0.29) is 11.7 Å². The summed E-state index contributed by atoms with van der Waals surface area (Å²) in [5, 5.41) is 11.3. The zero-order valence-corrected chi connectivity index (χ0v) is 9.98. The molecule has 1 aromatic heterocycles. The molecule has 15 heavy (non-hydrogen) atoms. The second-order valence-corrected chi connectivity index (χ2v) is 5.49. The summed E-state index contributed by atoms with van der Waals surface area (Å²) in [4.78, 5) is 17.1. The van der Waals surface area contributed by atoms with Crippen molar-refractivity contribution < 1.29 is 9.90 Å². The van der Waals surface area contributed by atoms with Crippen molar-refractivity contribution in [2.24, 2.45) is 0 Å². The van der Waals surface area contributed by atoms with Crippen molar-refractivity contribution in [1.29, 1.82) is 0 Å². The molecular weight excluding hydrogens is 232 g/mol. The summed E-state index contributed by atoms with van der Waals surface area (Å²) >= 11 is 3.34. The Bertz CT molecular complexity index is 367. The smallest absolute Gasteiger partial charge is 0.355 e. The van der Waals surface area contributed by atoms with Gasteiger partial charge in [0.25, 0.3) is 0 Å². The van der Waals surface area contributed by atoms with Crippen molar-refractivity contribution in [3.8, 4) is 0 Å². The molecule has 6 heteroatoms. The van der Waals surface area contributed by atoms with Crippen molar-refractivity contribution in [2.45, 2.75) is 6.04 Å². The van der Waals surface area contributed by atoms with E-state index >= 15 is 0 Å². The number of hydrogen-bond donors (Lipinski definition) is 1. The molecule has 0 aromatic carbocycles. The van der Waals surface area contributed by atoms with Gasteiger partial charge in [0.15, 0.2) is 5.69 Å². The van der Waals surface area contributed by atoms with Gasteiger partial charge in [-0.05, 0) is 7.05 Å². The molecule has 1 aliphatic heterocycles. The predicted octanol–water partition coefficient (Wildman–Crippen LogP) is 1.56. The van der Waals surface area contributed by atoms with Crippen LogP contribution in [0.3, 0.4) is 0 Å². The van der Waals surface area contributed by atoms with E-state index in [0.29, 0.717) is 0 Å². The minimum Gasteiger partial charge on any atom is -0.476 e. The minimum atomic E-state index is -0.941. The van der Waals surface area contributed by atoms with Crippen LogP contribution in [0, 0.1) is 0 Å². The van der Waals surface area contributed by atoms with Gasteiger partial charge in [0.1, 0.15) is 5.01 Å². The van der Waals surface area contributed by atoms with E-state index in [1.807, 2.05) is 11.8 Å². The fraction of sp³-hybridized carbons (Fsp3) is 0.556. The van der Waals surface area contributed by atoms with E-state index in [2.05, 4.69) is 16.9 Å². The zero-order valence-electron chi connectivity index (χ0n) is 8.34. The molecule has 1 N–H and O–H groups in total. The Morgan fingerprint density at radius 3 is 3.13 bits per heavy atom. The summed E-state index contributed by atoms with van der Waals surface area (Å²) in [6, 6.07) is 0.279. The maximum atomic E-state index is 10.7. The normalized spacial score (nSPS) is 22.9. The second-order valence-electron chi connectivity index (χ2n) is 3.45. The molecule has 82 valence electrons. The monoisotopic (exact) mass is 244 g/mol. The first kappa shape index (κ1) is 10.9. The number of aromatic nitrogens is 1. The Morgan fingerprint density at radius 2 is 2.53 bits per heavy atom. The largest absolute Gasteiger partial charge is 0.476 e. The van der Waals surface area contributed by atoms with Crippen LogP contribution in [0.4, 0.5) is 0 Å². The summed E-state index contributed by atoms with van der Waals surface area (Å²) in [6.07, 6.45) is 0. The van der Waals surface area contributed by atoms with E-state index in [0.717, 1.165) is 23.1 Å². The third kappa shape index (κ3) is 2.32. The lowest BCUT2D eigenvalue weighted by molar-refractivity contribution is 0.0691. The predicted molar refractivity (Wildman–Crippen MR) is 61.8 cm³/mol. The number of hydrogen-bond acceptors (Lipinski definition) is 5. The average molecular weight is 244 g/mol. The number of carbonyl (C=O) groups is 1.